The second kappa shape index (κ2) is 13.9. The summed E-state index contributed by atoms with van der Waals surface area (Å²) in [6.07, 6.45) is 5.92. The molecule has 0 saturated carbocycles. The van der Waals surface area contributed by atoms with Gasteiger partial charge in [0.05, 0.1) is 11.9 Å². The van der Waals surface area contributed by atoms with E-state index in [0.29, 0.717) is 31.7 Å². The zero-order valence-corrected chi connectivity index (χ0v) is 23.0. The fraction of sp³-hybridized carbons (Fsp3) is 0.517. The van der Waals surface area contributed by atoms with Crippen molar-refractivity contribution in [2.75, 3.05) is 69.6 Å². The average Bonchev–Trinajstić information content (AvgIpc) is 2.97. The van der Waals surface area contributed by atoms with Crippen molar-refractivity contribution in [3.05, 3.63) is 53.9 Å². The van der Waals surface area contributed by atoms with Gasteiger partial charge in [-0.15, -0.1) is 0 Å². The predicted octanol–water partition coefficient (Wildman–Crippen LogP) is 2.17. The van der Waals surface area contributed by atoms with Gasteiger partial charge in [-0.3, -0.25) is 14.4 Å². The minimum absolute atomic E-state index is 0.0736. The number of nitrogens with two attached hydrogens (primary N) is 1. The maximum atomic E-state index is 12.9. The van der Waals surface area contributed by atoms with Crippen LogP contribution in [-0.2, 0) is 16.1 Å². The number of hydrogen-bond donors (Lipinski definition) is 2. The Bertz CT molecular complexity index is 1090. The van der Waals surface area contributed by atoms with E-state index in [1.54, 1.807) is 18.3 Å². The first-order valence-electron chi connectivity index (χ1n) is 14.0. The highest BCUT2D eigenvalue weighted by atomic mass is 16.2. The van der Waals surface area contributed by atoms with Crippen LogP contribution in [0.4, 0.5) is 11.4 Å². The van der Waals surface area contributed by atoms with E-state index >= 15 is 0 Å². The summed E-state index contributed by atoms with van der Waals surface area (Å²) < 4.78 is 0. The van der Waals surface area contributed by atoms with Gasteiger partial charge in [0.2, 0.25) is 11.8 Å². The molecule has 0 radical (unpaired) electrons. The fourth-order valence-electron chi connectivity index (χ4n) is 5.08. The molecule has 210 valence electrons. The van der Waals surface area contributed by atoms with Crippen molar-refractivity contribution in [2.45, 2.75) is 38.6 Å². The number of likely N-dealkylation sites (tertiary alicyclic amines) is 1. The second-order valence-electron chi connectivity index (χ2n) is 10.5. The summed E-state index contributed by atoms with van der Waals surface area (Å²) in [7, 11) is 2.07. The summed E-state index contributed by atoms with van der Waals surface area (Å²) in [4.78, 5) is 48.9. The smallest absolute Gasteiger partial charge is 0.272 e. The number of amides is 3. The Balaban J connectivity index is 1.19. The summed E-state index contributed by atoms with van der Waals surface area (Å²) in [5.41, 5.74) is 8.68. The Morgan fingerprint density at radius 2 is 1.62 bits per heavy atom. The van der Waals surface area contributed by atoms with Crippen molar-refractivity contribution in [1.82, 2.24) is 19.7 Å². The Hall–Kier alpha value is -3.66. The molecular weight excluding hydrogens is 494 g/mol. The average molecular weight is 536 g/mol. The number of carbonyl (C=O) groups is 3. The van der Waals surface area contributed by atoms with Crippen LogP contribution in [0.25, 0.3) is 0 Å². The lowest BCUT2D eigenvalue weighted by Gasteiger charge is -2.36. The molecule has 39 heavy (non-hydrogen) atoms. The maximum Gasteiger partial charge on any atom is 0.272 e. The van der Waals surface area contributed by atoms with E-state index in [1.165, 1.54) is 12.0 Å². The van der Waals surface area contributed by atoms with Crippen LogP contribution < -0.4 is 16.0 Å². The van der Waals surface area contributed by atoms with Gasteiger partial charge >= 0.3 is 0 Å². The van der Waals surface area contributed by atoms with Crippen molar-refractivity contribution < 1.29 is 14.4 Å². The van der Waals surface area contributed by atoms with Crippen LogP contribution >= 0.6 is 0 Å². The maximum absolute atomic E-state index is 12.9. The van der Waals surface area contributed by atoms with Crippen molar-refractivity contribution in [3.8, 4) is 0 Å². The van der Waals surface area contributed by atoms with E-state index in [1.807, 2.05) is 9.80 Å². The minimum atomic E-state index is -0.363. The molecule has 0 spiro atoms. The molecule has 1 aromatic carbocycles. The molecule has 10 nitrogen and oxygen atoms in total. The van der Waals surface area contributed by atoms with E-state index < -0.39 is 0 Å². The van der Waals surface area contributed by atoms with Gasteiger partial charge in [-0.25, -0.2) is 4.98 Å². The number of piperazine rings is 1. The predicted molar refractivity (Wildman–Crippen MR) is 152 cm³/mol. The molecule has 2 aromatic rings. The Kier molecular flexibility index (Phi) is 10.1. The lowest BCUT2D eigenvalue weighted by molar-refractivity contribution is -0.132. The third-order valence-electron chi connectivity index (χ3n) is 7.42. The molecule has 2 fully saturated rings. The highest BCUT2D eigenvalue weighted by Gasteiger charge is 2.23. The molecule has 10 heteroatoms. The number of pyridine rings is 1. The number of nitrogens with zero attached hydrogens (tertiary/aromatic N) is 5. The molecule has 0 bridgehead atoms. The van der Waals surface area contributed by atoms with E-state index in [0.717, 1.165) is 63.5 Å². The topological polar surface area (TPSA) is 115 Å². The van der Waals surface area contributed by atoms with E-state index in [2.05, 4.69) is 51.4 Å². The van der Waals surface area contributed by atoms with Crippen molar-refractivity contribution in [2.24, 2.45) is 5.73 Å². The summed E-state index contributed by atoms with van der Waals surface area (Å²) in [5, 5.41) is 3.07. The number of anilines is 2. The number of benzene rings is 1. The highest BCUT2D eigenvalue weighted by molar-refractivity contribution is 5.92. The van der Waals surface area contributed by atoms with Gasteiger partial charge in [0.1, 0.15) is 5.69 Å². The Morgan fingerprint density at radius 1 is 0.897 bits per heavy atom. The van der Waals surface area contributed by atoms with Gasteiger partial charge < -0.3 is 30.7 Å². The molecule has 2 saturated heterocycles. The molecule has 0 atom stereocenters. The van der Waals surface area contributed by atoms with Crippen molar-refractivity contribution in [3.63, 3.8) is 0 Å². The summed E-state index contributed by atoms with van der Waals surface area (Å²) in [5.74, 6) is -0.163. The van der Waals surface area contributed by atoms with Crippen LogP contribution in [0.15, 0.2) is 42.6 Å². The monoisotopic (exact) mass is 535 g/mol. The molecule has 2 aliphatic heterocycles. The number of primary amides is 1. The summed E-state index contributed by atoms with van der Waals surface area (Å²) >= 11 is 0. The Labute approximate surface area is 231 Å². The van der Waals surface area contributed by atoms with Crippen LogP contribution in [0.2, 0.25) is 0 Å². The zero-order valence-electron chi connectivity index (χ0n) is 23.0. The summed E-state index contributed by atoms with van der Waals surface area (Å²) in [6.45, 7) is 6.61. The molecule has 4 rings (SSSR count). The zero-order chi connectivity index (χ0) is 27.6. The number of carbonyl (C=O) groups excluding carboxylic acids is 3. The van der Waals surface area contributed by atoms with Gasteiger partial charge in [-0.2, -0.15) is 0 Å². The number of piperidine rings is 1. The van der Waals surface area contributed by atoms with Crippen molar-refractivity contribution >= 4 is 29.1 Å². The van der Waals surface area contributed by atoms with Crippen LogP contribution in [-0.4, -0.2) is 96.8 Å². The lowest BCUT2D eigenvalue weighted by Crippen LogP contribution is -2.49. The molecule has 0 aliphatic carbocycles. The molecule has 3 N–H and O–H groups in total. The number of hydrogen-bond acceptors (Lipinski definition) is 7. The first-order chi connectivity index (χ1) is 18.9. The van der Waals surface area contributed by atoms with E-state index in [9.17, 15) is 14.4 Å². The van der Waals surface area contributed by atoms with Crippen LogP contribution in [0, 0.1) is 0 Å². The third kappa shape index (κ3) is 8.41. The third-order valence-corrected chi connectivity index (χ3v) is 7.42. The normalized spacial score (nSPS) is 15.9. The molecule has 3 heterocycles. The molecule has 1 aromatic heterocycles. The van der Waals surface area contributed by atoms with Crippen LogP contribution in [0.1, 0.15) is 48.2 Å². The quantitative estimate of drug-likeness (QED) is 0.453. The van der Waals surface area contributed by atoms with E-state index in [4.69, 9.17) is 5.73 Å². The minimum Gasteiger partial charge on any atom is -0.383 e. The first kappa shape index (κ1) is 28.4. The highest BCUT2D eigenvalue weighted by Crippen LogP contribution is 2.19. The standard InChI is InChI=1S/C29H41N7O3/c1-33(16-12-28(38)35-14-3-2-4-15-35)22-23-5-8-25(9-6-23)34-17-19-36(20-18-34)29(39)26-10-7-24(21-32-26)31-13-11-27(30)37/h5-10,21,31H,2-4,11-20,22H2,1H3,(H2,30,37). The van der Waals surface area contributed by atoms with Gasteiger partial charge in [-0.05, 0) is 56.1 Å². The molecule has 2 aliphatic rings. The molecular formula is C29H41N7O3. The lowest BCUT2D eigenvalue weighted by atomic mass is 10.1. The van der Waals surface area contributed by atoms with Gasteiger partial charge in [0.25, 0.3) is 5.91 Å². The Morgan fingerprint density at radius 3 is 2.26 bits per heavy atom. The van der Waals surface area contributed by atoms with Gasteiger partial charge in [0.15, 0.2) is 0 Å². The largest absolute Gasteiger partial charge is 0.383 e. The summed E-state index contributed by atoms with van der Waals surface area (Å²) in [6, 6.07) is 12.1. The SMILES string of the molecule is CN(CCC(=O)N1CCCCC1)Cc1ccc(N2CCN(C(=O)c3ccc(NCCC(N)=O)cn3)CC2)cc1. The van der Waals surface area contributed by atoms with E-state index in [-0.39, 0.29) is 24.1 Å². The van der Waals surface area contributed by atoms with Crippen LogP contribution in [0.3, 0.4) is 0 Å². The first-order valence-corrected chi connectivity index (χ1v) is 14.0. The molecule has 3 amide bonds. The number of nitrogens with one attached hydrogen (secondary N) is 1. The number of rotatable bonds is 11. The fourth-order valence-corrected chi connectivity index (χ4v) is 5.08. The van der Waals surface area contributed by atoms with Gasteiger partial charge in [0, 0.05) is 77.4 Å². The van der Waals surface area contributed by atoms with Crippen molar-refractivity contribution in [1.29, 1.82) is 0 Å². The molecule has 0 unspecified atom stereocenters. The van der Waals surface area contributed by atoms with Gasteiger partial charge in [-0.1, -0.05) is 12.1 Å². The number of aromatic nitrogens is 1. The van der Waals surface area contributed by atoms with Crippen LogP contribution in [0.5, 0.6) is 0 Å². The second-order valence-corrected chi connectivity index (χ2v) is 10.5.